The van der Waals surface area contributed by atoms with Crippen LogP contribution in [-0.2, 0) is 15.7 Å². The van der Waals surface area contributed by atoms with Gasteiger partial charge in [-0.05, 0) is 65.1 Å². The van der Waals surface area contributed by atoms with Crippen LogP contribution in [0, 0.1) is 6.92 Å². The molecule has 0 bridgehead atoms. The van der Waals surface area contributed by atoms with E-state index in [1.54, 1.807) is 31.2 Å². The Morgan fingerprint density at radius 3 is 2.24 bits per heavy atom. The van der Waals surface area contributed by atoms with Gasteiger partial charge in [0.05, 0.1) is 5.56 Å². The molecule has 0 saturated carbocycles. The second-order valence-corrected chi connectivity index (χ2v) is 8.27. The minimum Gasteiger partial charge on any atom is -0.504 e. The molecule has 0 unspecified atom stereocenters. The Bertz CT molecular complexity index is 1320. The first-order chi connectivity index (χ1) is 15.5. The third-order valence-electron chi connectivity index (χ3n) is 5.10. The Hall–Kier alpha value is -3.22. The van der Waals surface area contributed by atoms with Crippen LogP contribution < -0.4 is 0 Å². The zero-order valence-electron chi connectivity index (χ0n) is 17.0. The van der Waals surface area contributed by atoms with Crippen molar-refractivity contribution in [3.8, 4) is 11.1 Å². The molecule has 3 aromatic rings. The highest BCUT2D eigenvalue weighted by molar-refractivity contribution is 6.35. The Labute approximate surface area is 197 Å². The second kappa shape index (κ2) is 8.61. The van der Waals surface area contributed by atoms with Crippen molar-refractivity contribution in [1.82, 2.24) is 0 Å². The number of alkyl halides is 3. The quantitative estimate of drug-likeness (QED) is 0.380. The fraction of sp³-hybridized carbons (Fsp3) is 0.0800. The summed E-state index contributed by atoms with van der Waals surface area (Å²) in [6.45, 7) is 1.68. The molecule has 0 saturated heterocycles. The first-order valence-electron chi connectivity index (χ1n) is 9.66. The summed E-state index contributed by atoms with van der Waals surface area (Å²) < 4.78 is 45.4. The van der Waals surface area contributed by atoms with Crippen molar-refractivity contribution in [2.75, 3.05) is 0 Å². The van der Waals surface area contributed by atoms with Gasteiger partial charge in [-0.3, -0.25) is 0 Å². The highest BCUT2D eigenvalue weighted by atomic mass is 35.5. The van der Waals surface area contributed by atoms with Crippen molar-refractivity contribution >= 4 is 40.8 Å². The molecule has 3 nitrogen and oxygen atoms in total. The van der Waals surface area contributed by atoms with Crippen LogP contribution in [-0.4, -0.2) is 11.1 Å². The molecule has 4 rings (SSSR count). The van der Waals surface area contributed by atoms with Crippen LogP contribution in [0.4, 0.5) is 13.2 Å². The maximum atomic E-state index is 13.4. The summed E-state index contributed by atoms with van der Waals surface area (Å²) in [5.41, 5.74) is 1.08. The molecule has 3 aromatic carbocycles. The second-order valence-electron chi connectivity index (χ2n) is 7.40. The van der Waals surface area contributed by atoms with E-state index >= 15 is 0 Å². The van der Waals surface area contributed by atoms with E-state index in [1.807, 2.05) is 0 Å². The van der Waals surface area contributed by atoms with Gasteiger partial charge in [0.2, 0.25) is 0 Å². The molecule has 0 fully saturated rings. The van der Waals surface area contributed by atoms with Gasteiger partial charge in [0.25, 0.3) is 0 Å². The van der Waals surface area contributed by atoms with Gasteiger partial charge in [0.15, 0.2) is 11.5 Å². The van der Waals surface area contributed by atoms with Crippen LogP contribution in [0.2, 0.25) is 10.0 Å². The summed E-state index contributed by atoms with van der Waals surface area (Å²) in [5.74, 6) is -1.25. The number of rotatable bonds is 3. The minimum atomic E-state index is -4.49. The van der Waals surface area contributed by atoms with Gasteiger partial charge in [-0.25, -0.2) is 4.79 Å². The van der Waals surface area contributed by atoms with Crippen LogP contribution in [0.15, 0.2) is 72.2 Å². The molecule has 33 heavy (non-hydrogen) atoms. The summed E-state index contributed by atoms with van der Waals surface area (Å²) in [4.78, 5) is 12.4. The van der Waals surface area contributed by atoms with Gasteiger partial charge >= 0.3 is 12.1 Å². The number of carbonyl (C=O) groups is 1. The lowest BCUT2D eigenvalue weighted by Crippen LogP contribution is -2.07. The van der Waals surface area contributed by atoms with Crippen molar-refractivity contribution < 1.29 is 27.8 Å². The Morgan fingerprint density at radius 2 is 1.61 bits per heavy atom. The van der Waals surface area contributed by atoms with Gasteiger partial charge < -0.3 is 9.84 Å². The van der Waals surface area contributed by atoms with Crippen molar-refractivity contribution in [2.45, 2.75) is 13.1 Å². The lowest BCUT2D eigenvalue weighted by Gasteiger charge is -2.15. The van der Waals surface area contributed by atoms with Gasteiger partial charge in [-0.15, -0.1) is 0 Å². The van der Waals surface area contributed by atoms with Crippen LogP contribution >= 0.6 is 23.2 Å². The van der Waals surface area contributed by atoms with E-state index < -0.39 is 17.7 Å². The number of hydrogen-bond donors (Lipinski definition) is 1. The predicted molar refractivity (Wildman–Crippen MR) is 122 cm³/mol. The molecule has 1 aliphatic heterocycles. The summed E-state index contributed by atoms with van der Waals surface area (Å²) in [6.07, 6.45) is -3.06. The van der Waals surface area contributed by atoms with Crippen LogP contribution in [0.3, 0.4) is 0 Å². The highest BCUT2D eigenvalue weighted by Gasteiger charge is 2.34. The van der Waals surface area contributed by atoms with Crippen molar-refractivity contribution in [3.05, 3.63) is 104 Å². The van der Waals surface area contributed by atoms with Gasteiger partial charge in [-0.2, -0.15) is 13.2 Å². The van der Waals surface area contributed by atoms with Crippen molar-refractivity contribution in [2.24, 2.45) is 0 Å². The molecule has 1 N–H and O–H groups in total. The summed E-state index contributed by atoms with van der Waals surface area (Å²) >= 11 is 12.0. The lowest BCUT2D eigenvalue weighted by molar-refractivity contribution is -0.137. The highest BCUT2D eigenvalue weighted by Crippen LogP contribution is 2.39. The predicted octanol–water partition coefficient (Wildman–Crippen LogP) is 7.85. The molecule has 1 aliphatic rings. The van der Waals surface area contributed by atoms with E-state index in [0.29, 0.717) is 22.3 Å². The number of carbonyl (C=O) groups excluding carboxylic acids is 1. The smallest absolute Gasteiger partial charge is 0.417 e. The van der Waals surface area contributed by atoms with E-state index in [2.05, 4.69) is 0 Å². The average Bonchev–Trinajstić information content (AvgIpc) is 2.99. The van der Waals surface area contributed by atoms with E-state index in [4.69, 9.17) is 27.9 Å². The van der Waals surface area contributed by atoms with E-state index in [1.165, 1.54) is 36.4 Å². The van der Waals surface area contributed by atoms with Gasteiger partial charge in [-0.1, -0.05) is 59.6 Å². The molecule has 8 heteroatoms. The zero-order valence-corrected chi connectivity index (χ0v) is 18.5. The fourth-order valence-electron chi connectivity index (χ4n) is 3.67. The largest absolute Gasteiger partial charge is 0.504 e. The molecule has 1 heterocycles. The topological polar surface area (TPSA) is 46.5 Å². The maximum absolute atomic E-state index is 13.4. The standard InChI is InChI=1S/C25H15Cl2F3O3/c1-13-8-14(6-7-18(13)19-4-2-3-5-20(19)25(28,29)30)9-21-23(31)22(24(32)33-21)15-10-16(26)12-17(27)11-15/h2-12,31H,1H3/b21-9+. The van der Waals surface area contributed by atoms with Crippen molar-refractivity contribution in [3.63, 3.8) is 0 Å². The molecule has 168 valence electrons. The molecule has 0 spiro atoms. The van der Waals surface area contributed by atoms with Crippen LogP contribution in [0.1, 0.15) is 22.3 Å². The summed E-state index contributed by atoms with van der Waals surface area (Å²) in [5, 5.41) is 11.2. The summed E-state index contributed by atoms with van der Waals surface area (Å²) in [6, 6.07) is 14.6. The number of aryl methyl sites for hydroxylation is 1. The normalized spacial score (nSPS) is 15.3. The molecular formula is C25H15Cl2F3O3. The van der Waals surface area contributed by atoms with Crippen LogP contribution in [0.25, 0.3) is 22.8 Å². The number of aliphatic hydroxyl groups is 1. The molecular weight excluding hydrogens is 476 g/mol. The molecule has 0 aliphatic carbocycles. The SMILES string of the molecule is Cc1cc(/C=C2/OC(=O)C(c3cc(Cl)cc(Cl)c3)=C2O)ccc1-c1ccccc1C(F)(F)F. The van der Waals surface area contributed by atoms with Gasteiger partial charge in [0, 0.05) is 10.0 Å². The number of cyclic esters (lactones) is 1. The fourth-order valence-corrected chi connectivity index (χ4v) is 4.19. The third-order valence-corrected chi connectivity index (χ3v) is 5.54. The Morgan fingerprint density at radius 1 is 0.939 bits per heavy atom. The maximum Gasteiger partial charge on any atom is 0.417 e. The average molecular weight is 491 g/mol. The number of hydrogen-bond acceptors (Lipinski definition) is 3. The number of halogens is 5. The number of esters is 1. The number of aliphatic hydroxyl groups excluding tert-OH is 1. The van der Waals surface area contributed by atoms with Gasteiger partial charge in [0.1, 0.15) is 5.57 Å². The number of benzene rings is 3. The molecule has 0 radical (unpaired) electrons. The van der Waals surface area contributed by atoms with Crippen LogP contribution in [0.5, 0.6) is 0 Å². The summed E-state index contributed by atoms with van der Waals surface area (Å²) in [7, 11) is 0. The molecule has 0 amide bonds. The molecule has 0 atom stereocenters. The lowest BCUT2D eigenvalue weighted by atomic mass is 9.94. The monoisotopic (exact) mass is 490 g/mol. The third kappa shape index (κ3) is 4.63. The first-order valence-corrected chi connectivity index (χ1v) is 10.4. The minimum absolute atomic E-state index is 0.0665. The Balaban J connectivity index is 1.72. The number of ether oxygens (including phenoxy) is 1. The van der Waals surface area contributed by atoms with E-state index in [0.717, 1.165) is 6.07 Å². The van der Waals surface area contributed by atoms with E-state index in [-0.39, 0.29) is 32.7 Å². The van der Waals surface area contributed by atoms with E-state index in [9.17, 15) is 23.1 Å². The zero-order chi connectivity index (χ0) is 23.9. The van der Waals surface area contributed by atoms with Crippen molar-refractivity contribution in [1.29, 1.82) is 0 Å². The Kier molecular flexibility index (Phi) is 5.99. The first kappa shape index (κ1) is 23.0. The molecule has 0 aromatic heterocycles.